The number of phosphoric acid groups is 1. The van der Waals surface area contributed by atoms with E-state index in [1.165, 1.54) is 25.7 Å². The number of hydrogen-bond donors (Lipinski definition) is 1. The Bertz CT molecular complexity index is 835. The fourth-order valence-corrected chi connectivity index (χ4v) is 8.70. The summed E-state index contributed by atoms with van der Waals surface area (Å²) >= 11 is 0. The molecule has 1 heterocycles. The average molecular weight is 665 g/mol. The molecule has 8 nitrogen and oxygen atoms in total. The standard InChI is InChI=1S/C15H29O3P.C14H26O5P.CH3.Fe/c1-11-9-12(2)15(13(11)3)18-19(4,16)17-10-14-7-5-6-8-14;1-10-11(2)14(19-12(10)3)9-18-20(15,16)17-8-13-6-4-5-7-13;;/h11-15H,5-10H2,1-4H3;6,10-14H,4-5,7-9H2,1-3H3,(H,15,16);1H3;/q;2*-1;+2/t11-,12+,13-,15?,19?;10-,11?,12-,13?,14+;;/m10../s1. The van der Waals surface area contributed by atoms with Gasteiger partial charge in [0, 0.05) is 13.3 Å². The van der Waals surface area contributed by atoms with Gasteiger partial charge in [0.1, 0.15) is 0 Å². The van der Waals surface area contributed by atoms with E-state index in [2.05, 4.69) is 41.0 Å². The van der Waals surface area contributed by atoms with Gasteiger partial charge in [0.2, 0.25) is 0 Å². The van der Waals surface area contributed by atoms with E-state index in [-0.39, 0.29) is 61.9 Å². The van der Waals surface area contributed by atoms with Gasteiger partial charge in [0.05, 0.1) is 31.5 Å². The van der Waals surface area contributed by atoms with E-state index < -0.39 is 15.4 Å². The molecule has 41 heavy (non-hydrogen) atoms. The number of hydrogen-bond acceptors (Lipinski definition) is 7. The first kappa shape index (κ1) is 39.8. The predicted molar refractivity (Wildman–Crippen MR) is 161 cm³/mol. The van der Waals surface area contributed by atoms with Gasteiger partial charge in [-0.25, -0.2) is 4.57 Å². The summed E-state index contributed by atoms with van der Waals surface area (Å²) < 4.78 is 51.7. The third-order valence-corrected chi connectivity index (χ3v) is 11.9. The molecule has 0 amide bonds. The van der Waals surface area contributed by atoms with E-state index in [1.807, 2.05) is 6.92 Å². The van der Waals surface area contributed by atoms with Crippen molar-refractivity contribution in [1.29, 1.82) is 0 Å². The van der Waals surface area contributed by atoms with Crippen molar-refractivity contribution in [1.82, 2.24) is 0 Å². The molecule has 244 valence electrons. The summed E-state index contributed by atoms with van der Waals surface area (Å²) in [6, 6.07) is 0. The van der Waals surface area contributed by atoms with Crippen LogP contribution in [0.1, 0.15) is 92.9 Å². The van der Waals surface area contributed by atoms with Crippen LogP contribution in [0.2, 0.25) is 0 Å². The molecule has 11 atom stereocenters. The number of ether oxygens (including phenoxy) is 1. The molecule has 1 aliphatic heterocycles. The van der Waals surface area contributed by atoms with Gasteiger partial charge >= 0.3 is 32.5 Å². The summed E-state index contributed by atoms with van der Waals surface area (Å²) in [5.74, 6) is 3.21. The summed E-state index contributed by atoms with van der Waals surface area (Å²) in [6.45, 7) is 15.5. The van der Waals surface area contributed by atoms with E-state index in [9.17, 15) is 14.0 Å². The summed E-state index contributed by atoms with van der Waals surface area (Å²) in [4.78, 5) is 9.69. The van der Waals surface area contributed by atoms with Crippen LogP contribution in [0.4, 0.5) is 0 Å². The van der Waals surface area contributed by atoms with Gasteiger partial charge in [-0.15, -0.1) is 5.92 Å². The molecule has 0 bridgehead atoms. The number of rotatable bonds is 11. The van der Waals surface area contributed by atoms with Gasteiger partial charge in [-0.2, -0.15) is 6.42 Å². The van der Waals surface area contributed by atoms with Gasteiger partial charge in [-0.05, 0) is 61.7 Å². The van der Waals surface area contributed by atoms with Crippen molar-refractivity contribution in [2.45, 2.75) is 111 Å². The first-order valence-corrected chi connectivity index (χ1v) is 18.8. The van der Waals surface area contributed by atoms with Crippen molar-refractivity contribution in [2.75, 3.05) is 26.5 Å². The Morgan fingerprint density at radius 1 is 0.829 bits per heavy atom. The van der Waals surface area contributed by atoms with Crippen molar-refractivity contribution in [3.63, 3.8) is 0 Å². The first-order valence-electron chi connectivity index (χ1n) is 15.3. The third-order valence-electron chi connectivity index (χ3n) is 9.73. The molecular formula is C30H58FeO8P2. The van der Waals surface area contributed by atoms with Crippen LogP contribution in [-0.4, -0.2) is 49.7 Å². The zero-order valence-corrected chi connectivity index (χ0v) is 29.6. The van der Waals surface area contributed by atoms with Crippen molar-refractivity contribution in [2.24, 2.45) is 41.4 Å². The zero-order valence-electron chi connectivity index (χ0n) is 26.7. The summed E-state index contributed by atoms with van der Waals surface area (Å²) in [5, 5.41) is 0. The Balaban J connectivity index is 0.000000391. The maximum Gasteiger partial charge on any atom is 2.00 e. The Kier molecular flexibility index (Phi) is 17.5. The van der Waals surface area contributed by atoms with Gasteiger partial charge in [-0.1, -0.05) is 60.3 Å². The van der Waals surface area contributed by atoms with Crippen LogP contribution in [0.15, 0.2) is 0 Å². The van der Waals surface area contributed by atoms with Crippen LogP contribution >= 0.6 is 15.4 Å². The van der Waals surface area contributed by atoms with Gasteiger partial charge < -0.3 is 32.5 Å². The topological polar surface area (TPSA) is 101 Å². The maximum atomic E-state index is 12.5. The van der Waals surface area contributed by atoms with E-state index in [0.29, 0.717) is 42.1 Å². The van der Waals surface area contributed by atoms with Crippen LogP contribution in [0.5, 0.6) is 0 Å². The molecule has 1 saturated heterocycles. The van der Waals surface area contributed by atoms with Crippen LogP contribution < -0.4 is 0 Å². The van der Waals surface area contributed by atoms with Crippen LogP contribution in [0, 0.1) is 55.3 Å². The van der Waals surface area contributed by atoms with Gasteiger partial charge in [-0.3, -0.25) is 13.6 Å². The van der Waals surface area contributed by atoms with E-state index in [0.717, 1.165) is 25.7 Å². The molecule has 4 aliphatic rings. The molecule has 0 aromatic rings. The van der Waals surface area contributed by atoms with Crippen molar-refractivity contribution >= 4 is 15.4 Å². The fraction of sp³-hybridized carbons (Fsp3) is 0.933. The minimum absolute atomic E-state index is 0. The third kappa shape index (κ3) is 12.6. The maximum absolute atomic E-state index is 12.5. The molecule has 4 fully saturated rings. The molecule has 0 aromatic carbocycles. The quantitative estimate of drug-likeness (QED) is 0.134. The molecule has 0 radical (unpaired) electrons. The second kappa shape index (κ2) is 18.0. The molecule has 5 unspecified atom stereocenters. The SMILES string of the molecule is CC1[C@@H](COP(=O)(O)OCC2[CH-]CCC2)O[C@@H](C)[C@H]1C.C[C@@H]1C[C@H](C)C(OP(C)(=O)OCC2CCCC2)[C@@H]1C.[CH3-].[Fe+2]. The van der Waals surface area contributed by atoms with Crippen LogP contribution in [0.25, 0.3) is 0 Å². The normalized spacial score (nSPS) is 38.3. The van der Waals surface area contributed by atoms with Gasteiger partial charge in [0.15, 0.2) is 0 Å². The average Bonchev–Trinajstić information content (AvgIpc) is 3.67. The van der Waals surface area contributed by atoms with Gasteiger partial charge in [0.25, 0.3) is 0 Å². The largest absolute Gasteiger partial charge is 2.00 e. The molecule has 3 saturated carbocycles. The predicted octanol–water partition coefficient (Wildman–Crippen LogP) is 8.34. The van der Waals surface area contributed by atoms with Crippen LogP contribution in [0.3, 0.4) is 0 Å². The van der Waals surface area contributed by atoms with Crippen molar-refractivity contribution < 1.29 is 53.9 Å². The molecule has 1 N–H and O–H groups in total. The minimum atomic E-state index is -3.96. The Morgan fingerprint density at radius 2 is 1.46 bits per heavy atom. The molecule has 0 aromatic heterocycles. The van der Waals surface area contributed by atoms with Crippen molar-refractivity contribution in [3.05, 3.63) is 13.8 Å². The zero-order chi connectivity index (χ0) is 28.8. The molecular weight excluding hydrogens is 606 g/mol. The fourth-order valence-electron chi connectivity index (χ4n) is 6.52. The summed E-state index contributed by atoms with van der Waals surface area (Å²) in [6.07, 6.45) is 11.6. The molecule has 4 rings (SSSR count). The number of phosphoric ester groups is 1. The van der Waals surface area contributed by atoms with E-state index in [4.69, 9.17) is 22.8 Å². The first-order chi connectivity index (χ1) is 18.3. The monoisotopic (exact) mass is 664 g/mol. The second-order valence-electron chi connectivity index (χ2n) is 12.9. The molecule has 11 heteroatoms. The minimum Gasteiger partial charge on any atom is -0.372 e. The van der Waals surface area contributed by atoms with E-state index in [1.54, 1.807) is 6.66 Å². The second-order valence-corrected chi connectivity index (χ2v) is 16.4. The summed E-state index contributed by atoms with van der Waals surface area (Å²) in [5.41, 5.74) is 0. The Morgan fingerprint density at radius 3 is 1.98 bits per heavy atom. The Hall–Kier alpha value is 0.739. The van der Waals surface area contributed by atoms with E-state index >= 15 is 0 Å². The Labute approximate surface area is 261 Å². The summed E-state index contributed by atoms with van der Waals surface area (Å²) in [7, 11) is -6.86. The smallest absolute Gasteiger partial charge is 0.372 e. The molecule has 3 aliphatic carbocycles. The van der Waals surface area contributed by atoms with Crippen molar-refractivity contribution in [3.8, 4) is 0 Å². The molecule has 0 spiro atoms. The van der Waals surface area contributed by atoms with Crippen LogP contribution in [-0.2, 0) is 49.0 Å².